The molecule has 1 aliphatic heterocycles. The highest BCUT2D eigenvalue weighted by Gasteiger charge is 2.30. The van der Waals surface area contributed by atoms with E-state index in [1.165, 1.54) is 36.4 Å². The van der Waals surface area contributed by atoms with Crippen LogP contribution in [0.4, 0.5) is 14.5 Å². The van der Waals surface area contributed by atoms with E-state index in [9.17, 15) is 18.7 Å². The SMILES string of the molecule is O=C(O)[C@@H](c1ccc(F)cc1)N1CCN(c2ccc(F)cc2)CC1. The minimum Gasteiger partial charge on any atom is -0.480 e. The molecule has 24 heavy (non-hydrogen) atoms. The number of carbonyl (C=O) groups is 1. The smallest absolute Gasteiger partial charge is 0.325 e. The zero-order valence-corrected chi connectivity index (χ0v) is 13.0. The third kappa shape index (κ3) is 3.54. The summed E-state index contributed by atoms with van der Waals surface area (Å²) in [6.45, 7) is 2.42. The summed E-state index contributed by atoms with van der Waals surface area (Å²) < 4.78 is 26.1. The summed E-state index contributed by atoms with van der Waals surface area (Å²) in [6.07, 6.45) is 0. The number of anilines is 1. The Hall–Kier alpha value is -2.47. The molecule has 2 aromatic rings. The van der Waals surface area contributed by atoms with Crippen LogP contribution in [0.5, 0.6) is 0 Å². The molecule has 0 unspecified atom stereocenters. The number of carboxylic acids is 1. The van der Waals surface area contributed by atoms with Crippen molar-refractivity contribution >= 4 is 11.7 Å². The summed E-state index contributed by atoms with van der Waals surface area (Å²) in [7, 11) is 0. The first-order valence-electron chi connectivity index (χ1n) is 7.77. The van der Waals surface area contributed by atoms with Crippen LogP contribution in [0.3, 0.4) is 0 Å². The van der Waals surface area contributed by atoms with Crippen molar-refractivity contribution in [1.82, 2.24) is 4.90 Å². The zero-order chi connectivity index (χ0) is 17.1. The molecule has 3 rings (SSSR count). The van der Waals surface area contributed by atoms with E-state index in [0.717, 1.165) is 5.69 Å². The monoisotopic (exact) mass is 332 g/mol. The van der Waals surface area contributed by atoms with E-state index in [1.54, 1.807) is 12.1 Å². The molecule has 1 saturated heterocycles. The molecule has 0 saturated carbocycles. The Kier molecular flexibility index (Phi) is 4.76. The normalized spacial score (nSPS) is 16.8. The number of piperazine rings is 1. The summed E-state index contributed by atoms with van der Waals surface area (Å²) in [5, 5.41) is 9.57. The van der Waals surface area contributed by atoms with Crippen LogP contribution in [0.1, 0.15) is 11.6 Å². The lowest BCUT2D eigenvalue weighted by Gasteiger charge is -2.38. The molecule has 0 spiro atoms. The Bertz CT molecular complexity index is 696. The average Bonchev–Trinajstić information content (AvgIpc) is 2.58. The van der Waals surface area contributed by atoms with Crippen LogP contribution >= 0.6 is 0 Å². The summed E-state index contributed by atoms with van der Waals surface area (Å²) in [5.41, 5.74) is 1.49. The number of nitrogens with zero attached hydrogens (tertiary/aromatic N) is 2. The summed E-state index contributed by atoms with van der Waals surface area (Å²) >= 11 is 0. The third-order valence-corrected chi connectivity index (χ3v) is 4.29. The topological polar surface area (TPSA) is 43.8 Å². The van der Waals surface area contributed by atoms with Gasteiger partial charge in [0, 0.05) is 31.9 Å². The van der Waals surface area contributed by atoms with Crippen molar-refractivity contribution in [3.63, 3.8) is 0 Å². The summed E-state index contributed by atoms with van der Waals surface area (Å²) in [4.78, 5) is 15.6. The van der Waals surface area contributed by atoms with Crippen molar-refractivity contribution in [2.75, 3.05) is 31.1 Å². The van der Waals surface area contributed by atoms with Crippen LogP contribution in [0.15, 0.2) is 48.5 Å². The first-order valence-corrected chi connectivity index (χ1v) is 7.77. The highest BCUT2D eigenvalue weighted by atomic mass is 19.1. The molecular formula is C18H18F2N2O2. The van der Waals surface area contributed by atoms with Crippen molar-refractivity contribution < 1.29 is 18.7 Å². The van der Waals surface area contributed by atoms with E-state index in [1.807, 2.05) is 4.90 Å². The summed E-state index contributed by atoms with van der Waals surface area (Å²) in [5.74, 6) is -1.61. The van der Waals surface area contributed by atoms with Crippen LogP contribution in [0, 0.1) is 11.6 Å². The van der Waals surface area contributed by atoms with Crippen LogP contribution in [-0.2, 0) is 4.79 Å². The molecule has 0 aromatic heterocycles. The van der Waals surface area contributed by atoms with Gasteiger partial charge in [-0.2, -0.15) is 0 Å². The van der Waals surface area contributed by atoms with Crippen molar-refractivity contribution in [3.8, 4) is 0 Å². The first-order chi connectivity index (χ1) is 11.5. The van der Waals surface area contributed by atoms with Gasteiger partial charge in [0.15, 0.2) is 0 Å². The standard InChI is InChI=1S/C18H18F2N2O2/c19-14-3-1-13(2-4-14)17(18(23)24)22-11-9-21(10-12-22)16-7-5-15(20)6-8-16/h1-8,17H,9-12H2,(H,23,24)/t17-/m1/s1. The fourth-order valence-electron chi connectivity index (χ4n) is 3.04. The molecule has 126 valence electrons. The van der Waals surface area contributed by atoms with E-state index in [0.29, 0.717) is 31.7 Å². The predicted octanol–water partition coefficient (Wildman–Crippen LogP) is 2.91. The second kappa shape index (κ2) is 6.97. The quantitative estimate of drug-likeness (QED) is 0.935. The molecule has 1 heterocycles. The Balaban J connectivity index is 1.70. The van der Waals surface area contributed by atoms with Crippen LogP contribution in [-0.4, -0.2) is 42.2 Å². The fraction of sp³-hybridized carbons (Fsp3) is 0.278. The van der Waals surface area contributed by atoms with Gasteiger partial charge in [0.05, 0.1) is 0 Å². The number of rotatable bonds is 4. The van der Waals surface area contributed by atoms with Crippen LogP contribution in [0.2, 0.25) is 0 Å². The van der Waals surface area contributed by atoms with Crippen molar-refractivity contribution in [2.45, 2.75) is 6.04 Å². The van der Waals surface area contributed by atoms with E-state index in [-0.39, 0.29) is 11.6 Å². The number of carboxylic acid groups (broad SMARTS) is 1. The lowest BCUT2D eigenvalue weighted by atomic mass is 10.0. The van der Waals surface area contributed by atoms with Gasteiger partial charge in [-0.1, -0.05) is 12.1 Å². The number of benzene rings is 2. The molecule has 0 radical (unpaired) electrons. The Morgan fingerprint density at radius 3 is 1.88 bits per heavy atom. The molecular weight excluding hydrogens is 314 g/mol. The van der Waals surface area contributed by atoms with E-state index < -0.39 is 12.0 Å². The second-order valence-corrected chi connectivity index (χ2v) is 5.79. The maximum atomic E-state index is 13.1. The van der Waals surface area contributed by atoms with E-state index in [2.05, 4.69) is 4.90 Å². The first kappa shape index (κ1) is 16.4. The molecule has 1 atom stereocenters. The Labute approximate surface area is 138 Å². The maximum absolute atomic E-state index is 13.1. The largest absolute Gasteiger partial charge is 0.480 e. The van der Waals surface area contributed by atoms with Crippen LogP contribution in [0.25, 0.3) is 0 Å². The minimum atomic E-state index is -0.947. The number of halogens is 2. The van der Waals surface area contributed by atoms with Crippen molar-refractivity contribution in [2.24, 2.45) is 0 Å². The highest BCUT2D eigenvalue weighted by molar-refractivity contribution is 5.75. The van der Waals surface area contributed by atoms with Gasteiger partial charge in [0.25, 0.3) is 0 Å². The van der Waals surface area contributed by atoms with Crippen molar-refractivity contribution in [1.29, 1.82) is 0 Å². The Morgan fingerprint density at radius 2 is 1.38 bits per heavy atom. The van der Waals surface area contributed by atoms with Gasteiger partial charge >= 0.3 is 5.97 Å². The third-order valence-electron chi connectivity index (χ3n) is 4.29. The van der Waals surface area contributed by atoms with Gasteiger partial charge in [-0.25, -0.2) is 8.78 Å². The lowest BCUT2D eigenvalue weighted by molar-refractivity contribution is -0.143. The molecule has 0 bridgehead atoms. The highest BCUT2D eigenvalue weighted by Crippen LogP contribution is 2.25. The molecule has 2 aromatic carbocycles. The summed E-state index contributed by atoms with van der Waals surface area (Å²) in [6, 6.07) is 11.1. The minimum absolute atomic E-state index is 0.278. The number of hydrogen-bond acceptors (Lipinski definition) is 3. The van der Waals surface area contributed by atoms with Gasteiger partial charge in [-0.15, -0.1) is 0 Å². The molecule has 0 aliphatic carbocycles. The van der Waals surface area contributed by atoms with E-state index >= 15 is 0 Å². The number of aliphatic carboxylic acids is 1. The molecule has 1 fully saturated rings. The van der Waals surface area contributed by atoms with Gasteiger partial charge in [-0.3, -0.25) is 9.69 Å². The average molecular weight is 332 g/mol. The van der Waals surface area contributed by atoms with Gasteiger partial charge < -0.3 is 10.0 Å². The van der Waals surface area contributed by atoms with Gasteiger partial charge in [-0.05, 0) is 42.0 Å². The van der Waals surface area contributed by atoms with Crippen molar-refractivity contribution in [3.05, 3.63) is 65.7 Å². The predicted molar refractivity (Wildman–Crippen MR) is 87.0 cm³/mol. The second-order valence-electron chi connectivity index (χ2n) is 5.79. The van der Waals surface area contributed by atoms with Crippen LogP contribution < -0.4 is 4.90 Å². The molecule has 6 heteroatoms. The lowest BCUT2D eigenvalue weighted by Crippen LogP contribution is -2.49. The Morgan fingerprint density at radius 1 is 0.875 bits per heavy atom. The maximum Gasteiger partial charge on any atom is 0.325 e. The molecule has 1 aliphatic rings. The molecule has 1 N–H and O–H groups in total. The molecule has 0 amide bonds. The van der Waals surface area contributed by atoms with E-state index in [4.69, 9.17) is 0 Å². The van der Waals surface area contributed by atoms with Gasteiger partial charge in [0.2, 0.25) is 0 Å². The zero-order valence-electron chi connectivity index (χ0n) is 13.0. The fourth-order valence-corrected chi connectivity index (χ4v) is 3.04. The molecule has 4 nitrogen and oxygen atoms in total. The number of hydrogen-bond donors (Lipinski definition) is 1. The van der Waals surface area contributed by atoms with Gasteiger partial charge in [0.1, 0.15) is 17.7 Å².